The summed E-state index contributed by atoms with van der Waals surface area (Å²) in [5.41, 5.74) is 0.756. The van der Waals surface area contributed by atoms with Crippen molar-refractivity contribution in [3.63, 3.8) is 0 Å². The first-order valence-electron chi connectivity index (χ1n) is 9.67. The Hall–Kier alpha value is -2.26. The number of nitrogens with one attached hydrogen (secondary N) is 1. The number of benzene rings is 1. The lowest BCUT2D eigenvalue weighted by molar-refractivity contribution is -0.113. The second kappa shape index (κ2) is 8.83. The van der Waals surface area contributed by atoms with Gasteiger partial charge >= 0.3 is 0 Å². The standard InChI is InChI=1S/C19H25N5O3S/c1-2-27-16-7-3-14(4-8-16)20-17(25)13-28-19-22-21-18(24(19)15-5-6-15)23-9-11-26-12-10-23/h3-4,7-8,15H,2,5-6,9-13H2,1H3,(H,20,25). The molecular formula is C19H25N5O3S. The zero-order valence-electron chi connectivity index (χ0n) is 16.0. The third-order valence-electron chi connectivity index (χ3n) is 4.63. The Morgan fingerprint density at radius 1 is 1.25 bits per heavy atom. The summed E-state index contributed by atoms with van der Waals surface area (Å²) in [7, 11) is 0. The van der Waals surface area contributed by atoms with Crippen LogP contribution in [-0.4, -0.2) is 59.3 Å². The summed E-state index contributed by atoms with van der Waals surface area (Å²) in [5.74, 6) is 1.93. The molecule has 1 amide bonds. The first-order chi connectivity index (χ1) is 13.7. The van der Waals surface area contributed by atoms with Gasteiger partial charge in [0.1, 0.15) is 5.75 Å². The zero-order chi connectivity index (χ0) is 19.3. The number of hydrogen-bond donors (Lipinski definition) is 1. The molecule has 2 fully saturated rings. The number of carbonyl (C=O) groups excluding carboxylic acids is 1. The lowest BCUT2D eigenvalue weighted by Crippen LogP contribution is -2.38. The minimum atomic E-state index is -0.0626. The highest BCUT2D eigenvalue weighted by molar-refractivity contribution is 7.99. The quantitative estimate of drug-likeness (QED) is 0.679. The Balaban J connectivity index is 1.36. The van der Waals surface area contributed by atoms with Crippen molar-refractivity contribution in [2.45, 2.75) is 31.0 Å². The van der Waals surface area contributed by atoms with Gasteiger partial charge in [0.05, 0.1) is 25.6 Å². The molecule has 8 nitrogen and oxygen atoms in total. The molecule has 1 N–H and O–H groups in total. The Morgan fingerprint density at radius 2 is 2.00 bits per heavy atom. The highest BCUT2D eigenvalue weighted by atomic mass is 32.2. The largest absolute Gasteiger partial charge is 0.494 e. The van der Waals surface area contributed by atoms with Gasteiger partial charge in [-0.2, -0.15) is 0 Å². The van der Waals surface area contributed by atoms with Gasteiger partial charge in [-0.3, -0.25) is 9.36 Å². The predicted octanol–water partition coefficient (Wildman–Crippen LogP) is 2.58. The van der Waals surface area contributed by atoms with Crippen LogP contribution in [0.15, 0.2) is 29.4 Å². The average molecular weight is 404 g/mol. The minimum absolute atomic E-state index is 0.0626. The van der Waals surface area contributed by atoms with Crippen LogP contribution in [0.1, 0.15) is 25.8 Å². The third-order valence-corrected chi connectivity index (χ3v) is 5.58. The summed E-state index contributed by atoms with van der Waals surface area (Å²) in [4.78, 5) is 14.6. The molecule has 0 spiro atoms. The highest BCUT2D eigenvalue weighted by Gasteiger charge is 2.32. The predicted molar refractivity (Wildman–Crippen MR) is 108 cm³/mol. The number of amides is 1. The van der Waals surface area contributed by atoms with Gasteiger partial charge in [0.25, 0.3) is 0 Å². The van der Waals surface area contributed by atoms with E-state index in [4.69, 9.17) is 9.47 Å². The maximum atomic E-state index is 12.4. The Kier molecular flexibility index (Phi) is 6.01. The Bertz CT molecular complexity index is 800. The number of carbonyl (C=O) groups is 1. The highest BCUT2D eigenvalue weighted by Crippen LogP contribution is 2.41. The number of aromatic nitrogens is 3. The van der Waals surface area contributed by atoms with Crippen LogP contribution < -0.4 is 15.0 Å². The Labute approximate surface area is 168 Å². The Morgan fingerprint density at radius 3 is 2.68 bits per heavy atom. The van der Waals surface area contributed by atoms with Crippen molar-refractivity contribution in [1.82, 2.24) is 14.8 Å². The molecule has 1 aromatic carbocycles. The maximum Gasteiger partial charge on any atom is 0.234 e. The van der Waals surface area contributed by atoms with Crippen LogP contribution in [0.4, 0.5) is 11.6 Å². The molecule has 1 saturated heterocycles. The van der Waals surface area contributed by atoms with Crippen LogP contribution in [0.2, 0.25) is 0 Å². The lowest BCUT2D eigenvalue weighted by atomic mass is 10.3. The molecule has 2 aromatic rings. The molecule has 4 rings (SSSR count). The summed E-state index contributed by atoms with van der Waals surface area (Å²) in [5, 5.41) is 12.5. The molecule has 1 saturated carbocycles. The molecule has 0 bridgehead atoms. The van der Waals surface area contributed by atoms with Crippen molar-refractivity contribution in [3.05, 3.63) is 24.3 Å². The molecule has 28 heavy (non-hydrogen) atoms. The molecule has 0 radical (unpaired) electrons. The number of nitrogens with zero attached hydrogens (tertiary/aromatic N) is 4. The van der Waals surface area contributed by atoms with Gasteiger partial charge in [-0.25, -0.2) is 0 Å². The number of ether oxygens (including phenoxy) is 2. The topological polar surface area (TPSA) is 81.5 Å². The van der Waals surface area contributed by atoms with Crippen molar-refractivity contribution >= 4 is 29.3 Å². The molecule has 9 heteroatoms. The van der Waals surface area contributed by atoms with E-state index in [0.29, 0.717) is 31.6 Å². The van der Waals surface area contributed by atoms with Gasteiger partial charge in [0.2, 0.25) is 11.9 Å². The first kappa shape index (κ1) is 19.1. The molecule has 0 unspecified atom stereocenters. The molecule has 2 aliphatic rings. The number of morpholine rings is 1. The summed E-state index contributed by atoms with van der Waals surface area (Å²) >= 11 is 1.43. The van der Waals surface area contributed by atoms with Gasteiger partial charge in [-0.1, -0.05) is 11.8 Å². The summed E-state index contributed by atoms with van der Waals surface area (Å²) in [6, 6.07) is 7.84. The molecule has 2 heterocycles. The van der Waals surface area contributed by atoms with E-state index in [0.717, 1.165) is 48.5 Å². The van der Waals surface area contributed by atoms with Crippen molar-refractivity contribution in [2.24, 2.45) is 0 Å². The minimum Gasteiger partial charge on any atom is -0.494 e. The van der Waals surface area contributed by atoms with Crippen LogP contribution in [-0.2, 0) is 9.53 Å². The van der Waals surface area contributed by atoms with E-state index in [1.165, 1.54) is 11.8 Å². The van der Waals surface area contributed by atoms with Crippen molar-refractivity contribution in [2.75, 3.05) is 48.9 Å². The van der Waals surface area contributed by atoms with E-state index < -0.39 is 0 Å². The second-order valence-corrected chi connectivity index (χ2v) is 7.72. The monoisotopic (exact) mass is 403 g/mol. The van der Waals surface area contributed by atoms with Gasteiger partial charge in [0, 0.05) is 24.8 Å². The summed E-state index contributed by atoms with van der Waals surface area (Å²) in [6.07, 6.45) is 2.28. The van der Waals surface area contributed by atoms with Crippen LogP contribution in [0, 0.1) is 0 Å². The van der Waals surface area contributed by atoms with Crippen molar-refractivity contribution in [3.8, 4) is 5.75 Å². The normalized spacial score (nSPS) is 16.8. The van der Waals surface area contributed by atoms with E-state index in [1.807, 2.05) is 31.2 Å². The zero-order valence-corrected chi connectivity index (χ0v) is 16.8. The van der Waals surface area contributed by atoms with Crippen LogP contribution in [0.5, 0.6) is 5.75 Å². The fraction of sp³-hybridized carbons (Fsp3) is 0.526. The van der Waals surface area contributed by atoms with E-state index in [2.05, 4.69) is 25.0 Å². The molecular weight excluding hydrogens is 378 g/mol. The third kappa shape index (κ3) is 4.59. The number of thioether (sulfide) groups is 1. The molecule has 1 aliphatic carbocycles. The van der Waals surface area contributed by atoms with Gasteiger partial charge in [-0.15, -0.1) is 10.2 Å². The summed E-state index contributed by atoms with van der Waals surface area (Å²) in [6.45, 7) is 5.64. The van der Waals surface area contributed by atoms with Crippen molar-refractivity contribution in [1.29, 1.82) is 0 Å². The fourth-order valence-corrected chi connectivity index (χ4v) is 3.93. The van der Waals surface area contributed by atoms with Crippen LogP contribution in [0.25, 0.3) is 0 Å². The molecule has 150 valence electrons. The van der Waals surface area contributed by atoms with Gasteiger partial charge in [-0.05, 0) is 44.0 Å². The summed E-state index contributed by atoms with van der Waals surface area (Å²) < 4.78 is 13.0. The van der Waals surface area contributed by atoms with E-state index >= 15 is 0 Å². The van der Waals surface area contributed by atoms with Crippen LogP contribution >= 0.6 is 11.8 Å². The number of hydrogen-bond acceptors (Lipinski definition) is 7. The SMILES string of the molecule is CCOc1ccc(NC(=O)CSc2nnc(N3CCOCC3)n2C2CC2)cc1. The lowest BCUT2D eigenvalue weighted by Gasteiger charge is -2.27. The second-order valence-electron chi connectivity index (χ2n) is 6.78. The van der Waals surface area contributed by atoms with Crippen molar-refractivity contribution < 1.29 is 14.3 Å². The average Bonchev–Trinajstić information content (AvgIpc) is 3.47. The number of anilines is 2. The molecule has 1 aliphatic heterocycles. The smallest absolute Gasteiger partial charge is 0.234 e. The van der Waals surface area contributed by atoms with E-state index in [9.17, 15) is 4.79 Å². The van der Waals surface area contributed by atoms with Crippen LogP contribution in [0.3, 0.4) is 0 Å². The molecule has 0 atom stereocenters. The molecule has 1 aromatic heterocycles. The van der Waals surface area contributed by atoms with E-state index in [1.54, 1.807) is 0 Å². The fourth-order valence-electron chi connectivity index (χ4n) is 3.13. The number of rotatable bonds is 8. The van der Waals surface area contributed by atoms with Gasteiger partial charge < -0.3 is 19.7 Å². The maximum absolute atomic E-state index is 12.4. The van der Waals surface area contributed by atoms with Gasteiger partial charge in [0.15, 0.2) is 5.16 Å². The van der Waals surface area contributed by atoms with E-state index in [-0.39, 0.29) is 5.91 Å². The first-order valence-corrected chi connectivity index (χ1v) is 10.7.